The van der Waals surface area contributed by atoms with E-state index in [0.717, 1.165) is 186 Å². The summed E-state index contributed by atoms with van der Waals surface area (Å²) >= 11 is 0. The SMILES string of the molecule is CC(C)(C)c1ccc2c3c1Oc1cc(-n4c5ccccc5c5ccccc54)cc4c1B3c1c(c(C(C)(C)C)cc3c1N2c1ccc(C(C)(C)Cc2cc5c6c(c2)Oc2c(C(C)(C)C)cc7c8c2B6c2c(ccc(C(C)(C)C)c2O5)N8c2cc5ccccc5cc2O7)cc1O3)O4. The van der Waals surface area contributed by atoms with E-state index in [9.17, 15) is 0 Å². The average Bonchev–Trinajstić information content (AvgIpc) is 1.07. The Morgan fingerprint density at radius 1 is 0.326 bits per heavy atom. The normalized spacial score (nSPS) is 15.1. The summed E-state index contributed by atoms with van der Waals surface area (Å²) in [4.78, 5) is 4.88. The fraction of sp³-hybridized carbons (Fsp3) is 0.238. The first-order valence-corrected chi connectivity index (χ1v) is 33.8. The molecule has 0 radical (unpaired) electrons. The van der Waals surface area contributed by atoms with Crippen LogP contribution in [0.5, 0.6) is 69.0 Å². The van der Waals surface area contributed by atoms with E-state index in [-0.39, 0.29) is 35.1 Å². The Labute approximate surface area is 554 Å². The van der Waals surface area contributed by atoms with Crippen molar-refractivity contribution >= 4 is 113 Å². The number of ether oxygens (including phenoxy) is 6. The van der Waals surface area contributed by atoms with Crippen molar-refractivity contribution < 1.29 is 28.4 Å². The van der Waals surface area contributed by atoms with Crippen molar-refractivity contribution in [2.24, 2.45) is 0 Å². The lowest BCUT2D eigenvalue weighted by Crippen LogP contribution is -2.62. The Morgan fingerprint density at radius 3 is 1.24 bits per heavy atom. The summed E-state index contributed by atoms with van der Waals surface area (Å²) in [5.74, 6) is 10.2. The summed E-state index contributed by atoms with van der Waals surface area (Å²) in [6.45, 7) is 31.8. The van der Waals surface area contributed by atoms with E-state index >= 15 is 0 Å². The summed E-state index contributed by atoms with van der Waals surface area (Å²) < 4.78 is 47.1. The highest BCUT2D eigenvalue weighted by molar-refractivity contribution is 7.01. The first kappa shape index (κ1) is 55.5. The van der Waals surface area contributed by atoms with Crippen molar-refractivity contribution in [3.8, 4) is 74.7 Å². The zero-order valence-electron chi connectivity index (χ0n) is 56.2. The fourth-order valence-corrected chi connectivity index (χ4v) is 17.5. The highest BCUT2D eigenvalue weighted by Crippen LogP contribution is 2.61. The molecule has 0 N–H and O–H groups in total. The molecule has 1 aromatic heterocycles. The Hall–Kier alpha value is -9.99. The van der Waals surface area contributed by atoms with E-state index < -0.39 is 5.41 Å². The van der Waals surface area contributed by atoms with Crippen LogP contribution in [0.25, 0.3) is 38.3 Å². The minimum atomic E-state index is -0.398. The maximum atomic E-state index is 7.53. The van der Waals surface area contributed by atoms with Crippen molar-refractivity contribution in [1.82, 2.24) is 4.57 Å². The molecule has 20 rings (SSSR count). The van der Waals surface area contributed by atoms with Gasteiger partial charge in [-0.15, -0.1) is 0 Å². The zero-order chi connectivity index (χ0) is 64.8. The van der Waals surface area contributed by atoms with E-state index in [0.29, 0.717) is 6.42 Å². The molecule has 0 saturated heterocycles. The monoisotopic (exact) mass is 1240 g/mol. The molecular formula is C84H71B2N3O6. The average molecular weight is 1240 g/mol. The van der Waals surface area contributed by atoms with Gasteiger partial charge < -0.3 is 42.8 Å². The smallest absolute Gasteiger partial charge is 0.266 e. The Balaban J connectivity index is 0.717. The van der Waals surface area contributed by atoms with Crippen LogP contribution in [0.4, 0.5) is 34.1 Å². The van der Waals surface area contributed by atoms with Gasteiger partial charge in [-0.1, -0.05) is 176 Å². The second-order valence-electron chi connectivity index (χ2n) is 32.6. The van der Waals surface area contributed by atoms with Gasteiger partial charge in [0.05, 0.1) is 39.5 Å². The molecule has 12 aromatic rings. The van der Waals surface area contributed by atoms with Crippen LogP contribution in [-0.2, 0) is 33.5 Å². The predicted molar refractivity (Wildman–Crippen MR) is 388 cm³/mol. The molecule has 0 spiro atoms. The van der Waals surface area contributed by atoms with Gasteiger partial charge in [-0.25, -0.2) is 0 Å². The molecular weight excluding hydrogens is 1170 g/mol. The van der Waals surface area contributed by atoms with Gasteiger partial charge in [-0.3, -0.25) is 0 Å². The van der Waals surface area contributed by atoms with Crippen LogP contribution in [0.15, 0.2) is 164 Å². The van der Waals surface area contributed by atoms with E-state index in [1.807, 2.05) is 0 Å². The highest BCUT2D eigenvalue weighted by atomic mass is 16.5. The quantitative estimate of drug-likeness (QED) is 0.162. The summed E-state index contributed by atoms with van der Waals surface area (Å²) in [7, 11) is 0. The predicted octanol–water partition coefficient (Wildman–Crippen LogP) is 18.9. The maximum Gasteiger partial charge on any atom is 0.266 e. The highest BCUT2D eigenvalue weighted by Gasteiger charge is 2.55. The van der Waals surface area contributed by atoms with Crippen molar-refractivity contribution in [2.45, 2.75) is 130 Å². The van der Waals surface area contributed by atoms with Gasteiger partial charge in [0.15, 0.2) is 23.0 Å². The standard InChI is InChI=1S/C84H71B2N3O6/c1-80(2,3)50-29-32-58-69-76(50)92-62-33-43(34-63-70(62)85(69)73-75-67(41-52(78(73)93-63)82(7,8)9)90-60-36-45-22-16-15-21-44(45)35-59(60)89(58)75)42-84(13,14)46-27-30-56-61(37-46)91-66-40-53(83(10,11)12)79-72-74(66)88(56)57-31-28-51(81(4,5)6)77-68(57)86(72)71-64(94-77)38-47(39-65(71)95-79)87-54-25-19-17-23-48(54)49-24-18-20-26-55(49)87/h15-41H,42H2,1-14H3. The Kier molecular flexibility index (Phi) is 10.4. The second kappa shape index (κ2) is 17.9. The van der Waals surface area contributed by atoms with Crippen LogP contribution in [0, 0.1) is 0 Å². The number of rotatable bonds is 4. The van der Waals surface area contributed by atoms with Gasteiger partial charge >= 0.3 is 0 Å². The third-order valence-electron chi connectivity index (χ3n) is 21.8. The van der Waals surface area contributed by atoms with Crippen molar-refractivity contribution in [1.29, 1.82) is 0 Å². The topological polar surface area (TPSA) is 66.8 Å². The molecule has 11 heteroatoms. The number of fused-ring (bicyclic) bond motifs is 10. The van der Waals surface area contributed by atoms with Crippen LogP contribution >= 0.6 is 0 Å². The number of aromatic nitrogens is 1. The van der Waals surface area contributed by atoms with Crippen LogP contribution < -0.4 is 71.0 Å². The number of nitrogens with zero attached hydrogens (tertiary/aromatic N) is 3. The first-order chi connectivity index (χ1) is 45.4. The number of hydrogen-bond acceptors (Lipinski definition) is 8. The van der Waals surface area contributed by atoms with Crippen LogP contribution in [0.3, 0.4) is 0 Å². The lowest BCUT2D eigenvalue weighted by Gasteiger charge is -2.47. The summed E-state index contributed by atoms with van der Waals surface area (Å²) in [5, 5.41) is 4.71. The number of hydrogen-bond donors (Lipinski definition) is 0. The van der Waals surface area contributed by atoms with Crippen LogP contribution in [0.1, 0.15) is 130 Å². The molecule has 8 aliphatic heterocycles. The van der Waals surface area contributed by atoms with Crippen LogP contribution in [0.2, 0.25) is 0 Å². The van der Waals surface area contributed by atoms with Crippen molar-refractivity contribution in [3.05, 3.63) is 197 Å². The van der Waals surface area contributed by atoms with Gasteiger partial charge in [0.25, 0.3) is 13.4 Å². The third kappa shape index (κ3) is 7.36. The first-order valence-electron chi connectivity index (χ1n) is 33.8. The molecule has 0 atom stereocenters. The lowest BCUT2D eigenvalue weighted by molar-refractivity contribution is 0.432. The molecule has 0 bridgehead atoms. The van der Waals surface area contributed by atoms with E-state index in [1.165, 1.54) is 21.8 Å². The summed E-state index contributed by atoms with van der Waals surface area (Å²) in [6, 6.07) is 60.1. The van der Waals surface area contributed by atoms with E-state index in [4.69, 9.17) is 28.4 Å². The molecule has 9 nitrogen and oxygen atoms in total. The van der Waals surface area contributed by atoms with Gasteiger partial charge in [0.1, 0.15) is 46.0 Å². The molecule has 0 saturated carbocycles. The minimum absolute atomic E-state index is 0.157. The Bertz CT molecular complexity index is 5500. The number of para-hydroxylation sites is 2. The van der Waals surface area contributed by atoms with Gasteiger partial charge in [-0.05, 0) is 150 Å². The van der Waals surface area contributed by atoms with E-state index in [1.54, 1.807) is 0 Å². The summed E-state index contributed by atoms with van der Waals surface area (Å²) in [5.41, 5.74) is 21.5. The molecule has 9 heterocycles. The van der Waals surface area contributed by atoms with Crippen molar-refractivity contribution in [3.63, 3.8) is 0 Å². The summed E-state index contributed by atoms with van der Waals surface area (Å²) in [6.07, 6.45) is 0.693. The third-order valence-corrected chi connectivity index (χ3v) is 21.8. The molecule has 8 aliphatic rings. The molecule has 464 valence electrons. The molecule has 0 unspecified atom stereocenters. The molecule has 0 fully saturated rings. The van der Waals surface area contributed by atoms with Crippen molar-refractivity contribution in [2.75, 3.05) is 9.80 Å². The minimum Gasteiger partial charge on any atom is -0.458 e. The van der Waals surface area contributed by atoms with Gasteiger partial charge in [0.2, 0.25) is 0 Å². The second-order valence-corrected chi connectivity index (χ2v) is 32.6. The fourth-order valence-electron chi connectivity index (χ4n) is 17.5. The van der Waals surface area contributed by atoms with Gasteiger partial charge in [-0.2, -0.15) is 0 Å². The molecule has 11 aromatic carbocycles. The number of anilines is 6. The van der Waals surface area contributed by atoms with Gasteiger partial charge in [0, 0.05) is 67.3 Å². The lowest BCUT2D eigenvalue weighted by atomic mass is 9.32. The molecule has 95 heavy (non-hydrogen) atoms. The van der Waals surface area contributed by atoms with Crippen LogP contribution in [-0.4, -0.2) is 18.0 Å². The zero-order valence-corrected chi connectivity index (χ0v) is 56.2. The molecule has 0 amide bonds. The van der Waals surface area contributed by atoms with E-state index in [2.05, 4.69) is 275 Å². The maximum absolute atomic E-state index is 7.53. The molecule has 0 aliphatic carbocycles. The Morgan fingerprint density at radius 2 is 0.747 bits per heavy atom. The number of benzene rings is 11. The largest absolute Gasteiger partial charge is 0.458 e.